The summed E-state index contributed by atoms with van der Waals surface area (Å²) >= 11 is 0. The van der Waals surface area contributed by atoms with Crippen molar-refractivity contribution in [1.29, 1.82) is 0 Å². The molecule has 18 heavy (non-hydrogen) atoms. The predicted octanol–water partition coefficient (Wildman–Crippen LogP) is 3.21. The molecule has 0 aliphatic heterocycles. The summed E-state index contributed by atoms with van der Waals surface area (Å²) in [5.41, 5.74) is 0.836. The Morgan fingerprint density at radius 3 is 2.11 bits per heavy atom. The van der Waals surface area contributed by atoms with E-state index in [1.165, 1.54) is 5.56 Å². The molecule has 0 heterocycles. The van der Waals surface area contributed by atoms with Gasteiger partial charge in [-0.2, -0.15) is 0 Å². The number of carbonyl (C=O) groups is 2. The van der Waals surface area contributed by atoms with Crippen LogP contribution in [0.1, 0.15) is 44.7 Å². The molecule has 1 saturated carbocycles. The lowest BCUT2D eigenvalue weighted by Crippen LogP contribution is -2.50. The lowest BCUT2D eigenvalue weighted by atomic mass is 9.60. The minimum Gasteiger partial charge on any atom is -0.299 e. The van der Waals surface area contributed by atoms with E-state index in [1.807, 2.05) is 38.1 Å². The number of Topliss-reactive ketones (excluding diaryl/α,β-unsaturated/α-hetero) is 2. The number of rotatable bonds is 1. The smallest absolute Gasteiger partial charge is 0.156 e. The Bertz CT molecular complexity index is 496. The second-order valence-electron chi connectivity index (χ2n) is 6.08. The predicted molar refractivity (Wildman–Crippen MR) is 71.6 cm³/mol. The Morgan fingerprint density at radius 2 is 1.56 bits per heavy atom. The van der Waals surface area contributed by atoms with Gasteiger partial charge in [-0.3, -0.25) is 9.59 Å². The van der Waals surface area contributed by atoms with Crippen LogP contribution in [0.4, 0.5) is 0 Å². The Morgan fingerprint density at radius 1 is 1.00 bits per heavy atom. The van der Waals surface area contributed by atoms with E-state index in [2.05, 4.69) is 0 Å². The molecule has 0 N–H and O–H groups in total. The molecule has 1 aliphatic rings. The fourth-order valence-electron chi connectivity index (χ4n) is 2.80. The zero-order valence-corrected chi connectivity index (χ0v) is 11.5. The highest BCUT2D eigenvalue weighted by atomic mass is 16.2. The molecule has 1 aromatic carbocycles. The van der Waals surface area contributed by atoms with Crippen LogP contribution in [0.15, 0.2) is 24.3 Å². The summed E-state index contributed by atoms with van der Waals surface area (Å²) in [6, 6.07) is 8.08. The largest absolute Gasteiger partial charge is 0.299 e. The third kappa shape index (κ3) is 1.80. The van der Waals surface area contributed by atoms with E-state index < -0.39 is 10.8 Å². The van der Waals surface area contributed by atoms with Crippen molar-refractivity contribution in [3.8, 4) is 0 Å². The van der Waals surface area contributed by atoms with Gasteiger partial charge in [-0.15, -0.1) is 0 Å². The van der Waals surface area contributed by atoms with E-state index in [-0.39, 0.29) is 11.6 Å². The first-order chi connectivity index (χ1) is 8.28. The molecule has 2 nitrogen and oxygen atoms in total. The molecule has 2 heteroatoms. The SMILES string of the molecule is Cc1ccc(C2(C)CCC(=O)C(C)(C)C2=O)cc1. The van der Waals surface area contributed by atoms with E-state index in [9.17, 15) is 9.59 Å². The molecular weight excluding hydrogens is 224 g/mol. The second-order valence-corrected chi connectivity index (χ2v) is 6.08. The van der Waals surface area contributed by atoms with Gasteiger partial charge in [0.2, 0.25) is 0 Å². The van der Waals surface area contributed by atoms with Crippen LogP contribution in [0, 0.1) is 12.3 Å². The molecule has 0 bridgehead atoms. The standard InChI is InChI=1S/C16H20O2/c1-11-5-7-12(8-6-11)16(4)10-9-13(17)15(2,3)14(16)18/h5-8H,9-10H2,1-4H3. The van der Waals surface area contributed by atoms with Crippen molar-refractivity contribution in [2.45, 2.75) is 46.0 Å². The summed E-state index contributed by atoms with van der Waals surface area (Å²) in [4.78, 5) is 24.5. The van der Waals surface area contributed by atoms with Gasteiger partial charge in [-0.05, 0) is 39.7 Å². The number of benzene rings is 1. The molecule has 2 rings (SSSR count). The van der Waals surface area contributed by atoms with Gasteiger partial charge in [-0.1, -0.05) is 29.8 Å². The molecule has 1 unspecified atom stereocenters. The quantitative estimate of drug-likeness (QED) is 0.711. The van der Waals surface area contributed by atoms with Gasteiger partial charge in [0.05, 0.1) is 10.8 Å². The van der Waals surface area contributed by atoms with Crippen molar-refractivity contribution in [2.75, 3.05) is 0 Å². The third-order valence-corrected chi connectivity index (χ3v) is 4.31. The van der Waals surface area contributed by atoms with Crippen molar-refractivity contribution < 1.29 is 9.59 Å². The van der Waals surface area contributed by atoms with Crippen molar-refractivity contribution in [3.63, 3.8) is 0 Å². The summed E-state index contributed by atoms with van der Waals surface area (Å²) in [6.07, 6.45) is 1.11. The topological polar surface area (TPSA) is 34.1 Å². The maximum absolute atomic E-state index is 12.6. The Kier molecular flexibility index (Phi) is 2.92. The molecule has 0 aromatic heterocycles. The fraction of sp³-hybridized carbons (Fsp3) is 0.500. The molecule has 1 atom stereocenters. The Balaban J connectivity index is 2.45. The third-order valence-electron chi connectivity index (χ3n) is 4.31. The summed E-state index contributed by atoms with van der Waals surface area (Å²) in [5, 5.41) is 0. The first-order valence-corrected chi connectivity index (χ1v) is 6.44. The van der Waals surface area contributed by atoms with E-state index in [0.29, 0.717) is 12.8 Å². The first kappa shape index (κ1) is 13.0. The molecule has 0 spiro atoms. The zero-order chi connectivity index (χ0) is 13.6. The highest BCUT2D eigenvalue weighted by Gasteiger charge is 2.50. The Labute approximate surface area is 108 Å². The average Bonchev–Trinajstić information content (AvgIpc) is 2.33. The zero-order valence-electron chi connectivity index (χ0n) is 11.5. The molecule has 1 aromatic rings. The summed E-state index contributed by atoms with van der Waals surface area (Å²) in [5.74, 6) is 0.118. The maximum atomic E-state index is 12.6. The summed E-state index contributed by atoms with van der Waals surface area (Å²) < 4.78 is 0. The van der Waals surface area contributed by atoms with Gasteiger partial charge in [0.25, 0.3) is 0 Å². The minimum absolute atomic E-state index is 0.0510. The molecular formula is C16H20O2. The molecule has 0 saturated heterocycles. The molecule has 0 amide bonds. The van der Waals surface area contributed by atoms with Gasteiger partial charge >= 0.3 is 0 Å². The van der Waals surface area contributed by atoms with E-state index >= 15 is 0 Å². The van der Waals surface area contributed by atoms with Crippen LogP contribution >= 0.6 is 0 Å². The number of aryl methyl sites for hydroxylation is 1. The lowest BCUT2D eigenvalue weighted by molar-refractivity contribution is -0.146. The van der Waals surface area contributed by atoms with Crippen LogP contribution in [0.3, 0.4) is 0 Å². The van der Waals surface area contributed by atoms with Gasteiger partial charge in [-0.25, -0.2) is 0 Å². The van der Waals surface area contributed by atoms with Gasteiger partial charge in [0.1, 0.15) is 5.78 Å². The lowest BCUT2D eigenvalue weighted by Gasteiger charge is -2.40. The van der Waals surface area contributed by atoms with E-state index in [0.717, 1.165) is 5.56 Å². The fourth-order valence-corrected chi connectivity index (χ4v) is 2.80. The van der Waals surface area contributed by atoms with Gasteiger partial charge in [0, 0.05) is 6.42 Å². The first-order valence-electron chi connectivity index (χ1n) is 6.44. The number of ketones is 2. The van der Waals surface area contributed by atoms with Gasteiger partial charge in [0.15, 0.2) is 5.78 Å². The average molecular weight is 244 g/mol. The number of hydrogen-bond acceptors (Lipinski definition) is 2. The molecule has 96 valence electrons. The van der Waals surface area contributed by atoms with Crippen LogP contribution in [0.25, 0.3) is 0 Å². The Hall–Kier alpha value is -1.44. The normalized spacial score (nSPS) is 27.3. The van der Waals surface area contributed by atoms with Crippen molar-refractivity contribution in [2.24, 2.45) is 5.41 Å². The molecule has 1 aliphatic carbocycles. The van der Waals surface area contributed by atoms with E-state index in [4.69, 9.17) is 0 Å². The highest BCUT2D eigenvalue weighted by Crippen LogP contribution is 2.42. The van der Waals surface area contributed by atoms with Crippen molar-refractivity contribution in [3.05, 3.63) is 35.4 Å². The summed E-state index contributed by atoms with van der Waals surface area (Å²) in [6.45, 7) is 7.50. The van der Waals surface area contributed by atoms with Crippen LogP contribution in [-0.2, 0) is 15.0 Å². The van der Waals surface area contributed by atoms with Crippen molar-refractivity contribution in [1.82, 2.24) is 0 Å². The maximum Gasteiger partial charge on any atom is 0.156 e. The minimum atomic E-state index is -0.849. The van der Waals surface area contributed by atoms with Crippen LogP contribution in [-0.4, -0.2) is 11.6 Å². The summed E-state index contributed by atoms with van der Waals surface area (Å²) in [7, 11) is 0. The number of hydrogen-bond donors (Lipinski definition) is 0. The number of carbonyl (C=O) groups excluding carboxylic acids is 2. The molecule has 0 radical (unpaired) electrons. The van der Waals surface area contributed by atoms with Gasteiger partial charge < -0.3 is 0 Å². The van der Waals surface area contributed by atoms with Crippen LogP contribution < -0.4 is 0 Å². The highest BCUT2D eigenvalue weighted by molar-refractivity contribution is 6.12. The van der Waals surface area contributed by atoms with E-state index in [1.54, 1.807) is 13.8 Å². The second kappa shape index (κ2) is 4.04. The van der Waals surface area contributed by atoms with Crippen LogP contribution in [0.2, 0.25) is 0 Å². The molecule has 1 fully saturated rings. The monoisotopic (exact) mass is 244 g/mol. The van der Waals surface area contributed by atoms with Crippen molar-refractivity contribution >= 4 is 11.6 Å². The van der Waals surface area contributed by atoms with Crippen LogP contribution in [0.5, 0.6) is 0 Å².